The SMILES string of the molecule is CN1CC(O)CC2c3cccc4scc(c34)C[C@H]21. The van der Waals surface area contributed by atoms with Crippen molar-refractivity contribution in [3.8, 4) is 0 Å². The first-order valence-corrected chi connectivity index (χ1v) is 7.49. The van der Waals surface area contributed by atoms with Crippen LogP contribution in [0.15, 0.2) is 23.6 Å². The summed E-state index contributed by atoms with van der Waals surface area (Å²) in [5.41, 5.74) is 2.97. The van der Waals surface area contributed by atoms with Crippen molar-refractivity contribution in [1.82, 2.24) is 4.90 Å². The topological polar surface area (TPSA) is 23.5 Å². The summed E-state index contributed by atoms with van der Waals surface area (Å²) in [6.45, 7) is 0.816. The molecule has 2 nitrogen and oxygen atoms in total. The zero-order valence-corrected chi connectivity index (χ0v) is 11.3. The van der Waals surface area contributed by atoms with Gasteiger partial charge in [0.05, 0.1) is 6.10 Å². The molecule has 2 unspecified atom stereocenters. The number of benzene rings is 1. The van der Waals surface area contributed by atoms with Gasteiger partial charge in [-0.15, -0.1) is 11.3 Å². The standard InChI is InChI=1S/C15H17NOS/c1-16-7-10(17)6-12-11-3-2-4-14-15(11)9(8-18-14)5-13(12)16/h2-4,8,10,12-13,17H,5-7H2,1H3/t10?,12?,13-/m1/s1. The highest BCUT2D eigenvalue weighted by Gasteiger charge is 2.38. The van der Waals surface area contributed by atoms with Gasteiger partial charge in [-0.2, -0.15) is 0 Å². The number of aliphatic hydroxyl groups excluding tert-OH is 1. The minimum atomic E-state index is -0.174. The van der Waals surface area contributed by atoms with E-state index in [2.05, 4.69) is 35.5 Å². The lowest BCUT2D eigenvalue weighted by molar-refractivity contribution is 0.0354. The van der Waals surface area contributed by atoms with Crippen molar-refractivity contribution < 1.29 is 5.11 Å². The number of hydrogen-bond acceptors (Lipinski definition) is 3. The zero-order chi connectivity index (χ0) is 12.3. The summed E-state index contributed by atoms with van der Waals surface area (Å²) in [6, 6.07) is 7.22. The van der Waals surface area contributed by atoms with Crippen molar-refractivity contribution in [2.75, 3.05) is 13.6 Å². The second-order valence-corrected chi connectivity index (χ2v) is 6.60. The number of fused-ring (bicyclic) bond motifs is 2. The highest BCUT2D eigenvalue weighted by atomic mass is 32.1. The number of likely N-dealkylation sites (N-methyl/N-ethyl adjacent to an activating group) is 1. The van der Waals surface area contributed by atoms with Gasteiger partial charge in [-0.25, -0.2) is 0 Å². The van der Waals surface area contributed by atoms with Gasteiger partial charge in [0.2, 0.25) is 0 Å². The fraction of sp³-hybridized carbons (Fsp3) is 0.467. The molecular formula is C15H17NOS. The molecule has 1 N–H and O–H groups in total. The number of rotatable bonds is 0. The molecular weight excluding hydrogens is 242 g/mol. The van der Waals surface area contributed by atoms with E-state index in [9.17, 15) is 5.11 Å². The molecule has 3 atom stereocenters. The van der Waals surface area contributed by atoms with E-state index in [0.717, 1.165) is 19.4 Å². The van der Waals surface area contributed by atoms with Crippen molar-refractivity contribution >= 4 is 21.4 Å². The Bertz CT molecular complexity index is 606. The Kier molecular flexibility index (Phi) is 2.31. The molecule has 0 saturated carbocycles. The van der Waals surface area contributed by atoms with E-state index < -0.39 is 0 Å². The fourth-order valence-corrected chi connectivity index (χ4v) is 4.81. The van der Waals surface area contributed by atoms with Gasteiger partial charge in [0, 0.05) is 23.2 Å². The van der Waals surface area contributed by atoms with E-state index >= 15 is 0 Å². The smallest absolute Gasteiger partial charge is 0.0673 e. The van der Waals surface area contributed by atoms with Crippen molar-refractivity contribution in [2.45, 2.75) is 30.9 Å². The number of nitrogens with zero attached hydrogens (tertiary/aromatic N) is 1. The molecule has 1 aromatic carbocycles. The van der Waals surface area contributed by atoms with Crippen LogP contribution in [0.25, 0.3) is 10.1 Å². The number of piperidine rings is 1. The Morgan fingerprint density at radius 2 is 2.28 bits per heavy atom. The van der Waals surface area contributed by atoms with Gasteiger partial charge in [0.1, 0.15) is 0 Å². The predicted octanol–water partition coefficient (Wildman–Crippen LogP) is 2.61. The lowest BCUT2D eigenvalue weighted by Gasteiger charge is -2.44. The van der Waals surface area contributed by atoms with E-state index in [-0.39, 0.29) is 6.10 Å². The molecule has 1 aliphatic carbocycles. The quantitative estimate of drug-likeness (QED) is 0.786. The molecule has 1 aromatic heterocycles. The Morgan fingerprint density at radius 1 is 1.39 bits per heavy atom. The highest BCUT2D eigenvalue weighted by molar-refractivity contribution is 7.17. The Labute approximate surface area is 111 Å². The molecule has 0 bridgehead atoms. The maximum absolute atomic E-state index is 10.0. The van der Waals surface area contributed by atoms with Crippen molar-refractivity contribution in [3.05, 3.63) is 34.7 Å². The van der Waals surface area contributed by atoms with Crippen LogP contribution in [0.1, 0.15) is 23.5 Å². The summed E-state index contributed by atoms with van der Waals surface area (Å²) in [5, 5.41) is 13.8. The summed E-state index contributed by atoms with van der Waals surface area (Å²) in [4.78, 5) is 2.35. The van der Waals surface area contributed by atoms with E-state index in [0.29, 0.717) is 12.0 Å². The van der Waals surface area contributed by atoms with Crippen molar-refractivity contribution in [2.24, 2.45) is 0 Å². The molecule has 1 aliphatic heterocycles. The largest absolute Gasteiger partial charge is 0.392 e. The number of hydrogen-bond donors (Lipinski definition) is 1. The molecule has 0 amide bonds. The monoisotopic (exact) mass is 259 g/mol. The van der Waals surface area contributed by atoms with Crippen molar-refractivity contribution in [1.29, 1.82) is 0 Å². The van der Waals surface area contributed by atoms with Gasteiger partial charge in [0.25, 0.3) is 0 Å². The van der Waals surface area contributed by atoms with Gasteiger partial charge in [-0.3, -0.25) is 4.90 Å². The van der Waals surface area contributed by atoms with Crippen LogP contribution in [0.2, 0.25) is 0 Å². The average molecular weight is 259 g/mol. The summed E-state index contributed by atoms with van der Waals surface area (Å²) < 4.78 is 1.41. The molecule has 18 heavy (non-hydrogen) atoms. The summed E-state index contributed by atoms with van der Waals surface area (Å²) in [6.07, 6.45) is 1.89. The van der Waals surface area contributed by atoms with Crippen LogP contribution in [-0.4, -0.2) is 35.7 Å². The zero-order valence-electron chi connectivity index (χ0n) is 10.5. The first-order valence-electron chi connectivity index (χ1n) is 6.61. The van der Waals surface area contributed by atoms with Crippen LogP contribution in [-0.2, 0) is 6.42 Å². The maximum Gasteiger partial charge on any atom is 0.0673 e. The maximum atomic E-state index is 10.0. The molecule has 1 fully saturated rings. The van der Waals surface area contributed by atoms with E-state index in [1.807, 2.05) is 11.3 Å². The van der Waals surface area contributed by atoms with E-state index in [1.54, 1.807) is 0 Å². The molecule has 94 valence electrons. The van der Waals surface area contributed by atoms with E-state index in [1.165, 1.54) is 21.2 Å². The summed E-state index contributed by atoms with van der Waals surface area (Å²) in [7, 11) is 2.15. The summed E-state index contributed by atoms with van der Waals surface area (Å²) in [5.74, 6) is 0.504. The second kappa shape index (κ2) is 3.80. The van der Waals surface area contributed by atoms with Crippen LogP contribution in [0.5, 0.6) is 0 Å². The second-order valence-electron chi connectivity index (χ2n) is 5.69. The first-order chi connectivity index (χ1) is 8.74. The van der Waals surface area contributed by atoms with Gasteiger partial charge in [-0.1, -0.05) is 12.1 Å². The van der Waals surface area contributed by atoms with E-state index in [4.69, 9.17) is 0 Å². The predicted molar refractivity (Wildman–Crippen MR) is 75.3 cm³/mol. The normalized spacial score (nSPS) is 31.6. The molecule has 2 aromatic rings. The third-order valence-electron chi connectivity index (χ3n) is 4.59. The molecule has 2 heterocycles. The first kappa shape index (κ1) is 11.0. The number of β-amino-alcohol motifs (C(OH)–C–C–N with tert-alkyl or cyclic N) is 1. The molecule has 3 heteroatoms. The number of likely N-dealkylation sites (tertiary alicyclic amines) is 1. The third-order valence-corrected chi connectivity index (χ3v) is 5.59. The molecule has 2 aliphatic rings. The highest BCUT2D eigenvalue weighted by Crippen LogP contribution is 2.44. The minimum Gasteiger partial charge on any atom is -0.392 e. The van der Waals surface area contributed by atoms with Gasteiger partial charge in [0.15, 0.2) is 0 Å². The number of aliphatic hydroxyl groups is 1. The lowest BCUT2D eigenvalue weighted by atomic mass is 9.74. The lowest BCUT2D eigenvalue weighted by Crippen LogP contribution is -2.49. The van der Waals surface area contributed by atoms with Crippen molar-refractivity contribution in [3.63, 3.8) is 0 Å². The van der Waals surface area contributed by atoms with Gasteiger partial charge < -0.3 is 5.11 Å². The van der Waals surface area contributed by atoms with Crippen LogP contribution < -0.4 is 0 Å². The average Bonchev–Trinajstić information content (AvgIpc) is 2.76. The molecule has 1 saturated heterocycles. The van der Waals surface area contributed by atoms with Gasteiger partial charge in [-0.05, 0) is 47.8 Å². The number of thiophene rings is 1. The molecule has 4 rings (SSSR count). The van der Waals surface area contributed by atoms with Crippen LogP contribution in [0, 0.1) is 0 Å². The van der Waals surface area contributed by atoms with Crippen LogP contribution >= 0.6 is 11.3 Å². The Morgan fingerprint density at radius 3 is 3.17 bits per heavy atom. The minimum absolute atomic E-state index is 0.174. The molecule has 0 radical (unpaired) electrons. The molecule has 0 spiro atoms. The van der Waals surface area contributed by atoms with Crippen LogP contribution in [0.4, 0.5) is 0 Å². The summed E-state index contributed by atoms with van der Waals surface area (Å²) >= 11 is 1.86. The fourth-order valence-electron chi connectivity index (χ4n) is 3.80. The Balaban J connectivity index is 1.92. The third kappa shape index (κ3) is 1.41. The Hall–Kier alpha value is -0.900. The van der Waals surface area contributed by atoms with Gasteiger partial charge >= 0.3 is 0 Å². The van der Waals surface area contributed by atoms with Crippen LogP contribution in [0.3, 0.4) is 0 Å².